The van der Waals surface area contributed by atoms with Gasteiger partial charge in [-0.15, -0.1) is 0 Å². The van der Waals surface area contributed by atoms with Gasteiger partial charge in [0.25, 0.3) is 5.91 Å². The molecule has 0 aromatic heterocycles. The minimum absolute atomic E-state index is 0.0221. The molecule has 0 radical (unpaired) electrons. The van der Waals surface area contributed by atoms with Crippen LogP contribution < -0.4 is 11.1 Å². The second-order valence-corrected chi connectivity index (χ2v) is 10.1. The Labute approximate surface area is 202 Å². The minimum atomic E-state index is -2.63. The minimum Gasteiger partial charge on any atom is -0.510 e. The normalized spacial score (nSPS) is 28.4. The van der Waals surface area contributed by atoms with Gasteiger partial charge in [0.1, 0.15) is 22.8 Å². The lowest BCUT2D eigenvalue weighted by atomic mass is 9.58. The number of aromatic hydroxyl groups is 1. The van der Waals surface area contributed by atoms with E-state index in [0.29, 0.717) is 12.1 Å². The number of rotatable bonds is 5. The number of phenolic OH excluding ortho intramolecular Hbond substituents is 1. The van der Waals surface area contributed by atoms with E-state index in [1.807, 2.05) is 13.8 Å². The van der Waals surface area contributed by atoms with Gasteiger partial charge in [0.2, 0.25) is 5.78 Å². The van der Waals surface area contributed by atoms with Crippen LogP contribution in [0.2, 0.25) is 0 Å². The molecule has 35 heavy (non-hydrogen) atoms. The summed E-state index contributed by atoms with van der Waals surface area (Å²) in [4.78, 5) is 40.4. The van der Waals surface area contributed by atoms with Crippen LogP contribution in [0.1, 0.15) is 41.8 Å². The second-order valence-electron chi connectivity index (χ2n) is 10.1. The molecule has 3 aliphatic carbocycles. The zero-order chi connectivity index (χ0) is 26.0. The van der Waals surface area contributed by atoms with E-state index in [0.717, 1.165) is 5.56 Å². The maximum Gasteiger partial charge on any atom is 0.255 e. The number of phenols is 1. The third kappa shape index (κ3) is 3.55. The molecule has 3 aliphatic rings. The maximum atomic E-state index is 13.6. The van der Waals surface area contributed by atoms with Crippen molar-refractivity contribution in [2.24, 2.45) is 17.6 Å². The average molecular weight is 486 g/mol. The highest BCUT2D eigenvalue weighted by atomic mass is 16.3. The largest absolute Gasteiger partial charge is 0.510 e. The summed E-state index contributed by atoms with van der Waals surface area (Å²) in [5.41, 5.74) is 3.21. The fraction of sp³-hybridized carbons (Fsp3) is 0.480. The second kappa shape index (κ2) is 8.47. The van der Waals surface area contributed by atoms with Crippen molar-refractivity contribution >= 4 is 17.5 Å². The molecule has 4 unspecified atom stereocenters. The number of likely N-dealkylation sites (N-methyl/N-ethyl adjacent to an activating group) is 1. The predicted molar refractivity (Wildman–Crippen MR) is 126 cm³/mol. The van der Waals surface area contributed by atoms with Crippen LogP contribution in [0.5, 0.6) is 5.75 Å². The highest BCUT2D eigenvalue weighted by Gasteiger charge is 2.63. The number of hydrogen-bond donors (Lipinski definition) is 6. The number of nitrogens with one attached hydrogen (secondary N) is 1. The lowest BCUT2D eigenvalue weighted by molar-refractivity contribution is -0.148. The van der Waals surface area contributed by atoms with Crippen molar-refractivity contribution in [3.05, 3.63) is 51.5 Å². The van der Waals surface area contributed by atoms with E-state index in [1.165, 1.54) is 11.0 Å². The third-order valence-corrected chi connectivity index (χ3v) is 7.40. The fourth-order valence-corrected chi connectivity index (χ4v) is 5.79. The molecule has 1 aromatic carbocycles. The van der Waals surface area contributed by atoms with Gasteiger partial charge in [-0.25, -0.2) is 0 Å². The number of Topliss-reactive ketones (excluding diaryl/α,β-unsaturated/α-hetero) is 2. The number of carbonyl (C=O) groups is 3. The molecule has 1 aromatic rings. The first-order chi connectivity index (χ1) is 16.3. The van der Waals surface area contributed by atoms with Gasteiger partial charge in [-0.2, -0.15) is 0 Å². The standard InChI is InChI=1S/C25H31N3O7/c1-10(2)27-9-11-5-6-15(29)17-13(11)7-12-8-14-19(28(3)4)21(31)18(24(26)34)23(33)25(14,35)22(32)16(12)20(17)30/h5-6,10,12,14,19,27,29,31-32,35H,7-9H2,1-4H3,(H2,26,34). The van der Waals surface area contributed by atoms with Crippen molar-refractivity contribution in [3.63, 3.8) is 0 Å². The summed E-state index contributed by atoms with van der Waals surface area (Å²) >= 11 is 0. The molecule has 4 rings (SSSR count). The van der Waals surface area contributed by atoms with Gasteiger partial charge >= 0.3 is 0 Å². The molecule has 188 valence electrons. The molecule has 0 saturated carbocycles. The first kappa shape index (κ1) is 24.9. The summed E-state index contributed by atoms with van der Waals surface area (Å²) < 4.78 is 0. The molecule has 1 amide bonds. The predicted octanol–water partition coefficient (Wildman–Crippen LogP) is 0.619. The third-order valence-electron chi connectivity index (χ3n) is 7.40. The van der Waals surface area contributed by atoms with Crippen LogP contribution in [0, 0.1) is 11.8 Å². The quantitative estimate of drug-likeness (QED) is 0.327. The van der Waals surface area contributed by atoms with Crippen molar-refractivity contribution in [1.29, 1.82) is 0 Å². The summed E-state index contributed by atoms with van der Waals surface area (Å²) in [6.07, 6.45) is 0.344. The van der Waals surface area contributed by atoms with E-state index in [-0.39, 0.29) is 35.8 Å². The Morgan fingerprint density at radius 3 is 2.46 bits per heavy atom. The van der Waals surface area contributed by atoms with Crippen LogP contribution in [0.4, 0.5) is 0 Å². The highest BCUT2D eigenvalue weighted by molar-refractivity contribution is 6.24. The number of nitrogens with two attached hydrogens (primary N) is 1. The molecule has 0 saturated heterocycles. The highest BCUT2D eigenvalue weighted by Crippen LogP contribution is 2.52. The van der Waals surface area contributed by atoms with Gasteiger partial charge in [-0.05, 0) is 50.0 Å². The van der Waals surface area contributed by atoms with E-state index >= 15 is 0 Å². The Morgan fingerprint density at radius 2 is 1.89 bits per heavy atom. The summed E-state index contributed by atoms with van der Waals surface area (Å²) in [7, 11) is 3.20. The molecule has 0 bridgehead atoms. The van der Waals surface area contributed by atoms with Crippen molar-refractivity contribution in [3.8, 4) is 5.75 Å². The van der Waals surface area contributed by atoms with E-state index in [9.17, 15) is 34.8 Å². The van der Waals surface area contributed by atoms with Crippen LogP contribution >= 0.6 is 0 Å². The summed E-state index contributed by atoms with van der Waals surface area (Å²) in [5.74, 6) is -6.49. The molecular weight excluding hydrogens is 454 g/mol. The maximum absolute atomic E-state index is 13.6. The number of allylic oxidation sites excluding steroid dienone is 1. The number of amides is 1. The molecule has 7 N–H and O–H groups in total. The zero-order valence-corrected chi connectivity index (χ0v) is 20.1. The number of benzene rings is 1. The number of aliphatic hydroxyl groups excluding tert-OH is 2. The number of aliphatic hydroxyl groups is 3. The number of ketones is 2. The van der Waals surface area contributed by atoms with E-state index in [4.69, 9.17) is 5.73 Å². The first-order valence-corrected chi connectivity index (χ1v) is 11.5. The Morgan fingerprint density at radius 1 is 1.23 bits per heavy atom. The Hall–Kier alpha value is -3.21. The Kier molecular flexibility index (Phi) is 6.03. The molecule has 0 heterocycles. The van der Waals surface area contributed by atoms with Gasteiger partial charge < -0.3 is 31.5 Å². The van der Waals surface area contributed by atoms with Crippen molar-refractivity contribution < 1.29 is 34.8 Å². The molecular formula is C25H31N3O7. The fourth-order valence-electron chi connectivity index (χ4n) is 5.79. The van der Waals surface area contributed by atoms with Crippen LogP contribution in [0.3, 0.4) is 0 Å². The van der Waals surface area contributed by atoms with E-state index in [1.54, 1.807) is 20.2 Å². The van der Waals surface area contributed by atoms with Crippen LogP contribution in [0.15, 0.2) is 34.8 Å². The number of nitrogens with zero attached hydrogens (tertiary/aromatic N) is 1. The number of hydrogen-bond acceptors (Lipinski definition) is 9. The molecule has 0 aliphatic heterocycles. The average Bonchev–Trinajstić information content (AvgIpc) is 2.75. The summed E-state index contributed by atoms with van der Waals surface area (Å²) in [5, 5.41) is 47.5. The van der Waals surface area contributed by atoms with Crippen molar-refractivity contribution in [1.82, 2.24) is 10.2 Å². The van der Waals surface area contributed by atoms with Crippen molar-refractivity contribution in [2.75, 3.05) is 14.1 Å². The lowest BCUT2D eigenvalue weighted by Gasteiger charge is -2.50. The van der Waals surface area contributed by atoms with E-state index < -0.39 is 58.0 Å². The van der Waals surface area contributed by atoms with Gasteiger partial charge in [0.15, 0.2) is 11.4 Å². The number of fused-ring (bicyclic) bond motifs is 3. The van der Waals surface area contributed by atoms with Gasteiger partial charge in [-0.1, -0.05) is 19.9 Å². The Balaban J connectivity index is 1.91. The summed E-state index contributed by atoms with van der Waals surface area (Å²) in [6.45, 7) is 4.43. The lowest BCUT2D eigenvalue weighted by Crippen LogP contribution is -2.63. The SMILES string of the molecule is CC(C)NCc1ccc(O)c2c1CC1CC3C(N(C)C)C(O)=C(C(N)=O)C(=O)C3(O)C(O)=C1C2=O. The molecule has 0 fully saturated rings. The van der Waals surface area contributed by atoms with Gasteiger partial charge in [0, 0.05) is 24.1 Å². The molecule has 0 spiro atoms. The molecule has 10 nitrogen and oxygen atoms in total. The topological polar surface area (TPSA) is 173 Å². The molecule has 4 atom stereocenters. The summed E-state index contributed by atoms with van der Waals surface area (Å²) in [6, 6.07) is 2.33. The van der Waals surface area contributed by atoms with Gasteiger partial charge in [-0.3, -0.25) is 19.3 Å². The van der Waals surface area contributed by atoms with E-state index in [2.05, 4.69) is 5.32 Å². The van der Waals surface area contributed by atoms with Crippen LogP contribution in [-0.4, -0.2) is 74.6 Å². The number of primary amides is 1. The zero-order valence-electron chi connectivity index (χ0n) is 20.1. The van der Waals surface area contributed by atoms with Crippen LogP contribution in [0.25, 0.3) is 0 Å². The smallest absolute Gasteiger partial charge is 0.255 e. The van der Waals surface area contributed by atoms with Crippen LogP contribution in [-0.2, 0) is 22.6 Å². The molecule has 10 heteroatoms. The number of carbonyl (C=O) groups excluding carboxylic acids is 3. The first-order valence-electron chi connectivity index (χ1n) is 11.5. The Bertz CT molecular complexity index is 1200. The van der Waals surface area contributed by atoms with Crippen molar-refractivity contribution in [2.45, 2.75) is 50.9 Å². The monoisotopic (exact) mass is 485 g/mol. The van der Waals surface area contributed by atoms with Gasteiger partial charge in [0.05, 0.1) is 11.6 Å².